The van der Waals surface area contributed by atoms with Crippen molar-refractivity contribution in [2.24, 2.45) is 5.92 Å². The van der Waals surface area contributed by atoms with Crippen LogP contribution >= 0.6 is 0 Å². The van der Waals surface area contributed by atoms with Crippen LogP contribution in [0.25, 0.3) is 0 Å². The van der Waals surface area contributed by atoms with E-state index in [0.717, 1.165) is 19.4 Å². The molecule has 1 heterocycles. The number of carbonyl (C=O) groups excluding carboxylic acids is 1. The number of nitrogens with one attached hydrogen (secondary N) is 1. The van der Waals surface area contributed by atoms with Gasteiger partial charge in [-0.2, -0.15) is 0 Å². The fourth-order valence-electron chi connectivity index (χ4n) is 1.92. The Morgan fingerprint density at radius 1 is 1.47 bits per heavy atom. The second-order valence-electron chi connectivity index (χ2n) is 4.86. The van der Waals surface area contributed by atoms with Gasteiger partial charge < -0.3 is 15.2 Å². The Morgan fingerprint density at radius 3 is 2.65 bits per heavy atom. The van der Waals surface area contributed by atoms with E-state index < -0.39 is 5.97 Å². The summed E-state index contributed by atoms with van der Waals surface area (Å²) < 4.78 is 5.37. The van der Waals surface area contributed by atoms with Crippen molar-refractivity contribution in [1.82, 2.24) is 5.32 Å². The van der Waals surface area contributed by atoms with Gasteiger partial charge in [0.2, 0.25) is 5.91 Å². The molecular weight excluding hydrogens is 222 g/mol. The van der Waals surface area contributed by atoms with Gasteiger partial charge in [0.1, 0.15) is 0 Å². The standard InChI is InChI=1S/C12H21NO4/c1-8(2)10(7-12(15)16)13-11(14)6-9-4-3-5-17-9/h8-10H,3-7H2,1-2H3,(H,13,14)(H,15,16). The van der Waals surface area contributed by atoms with Gasteiger partial charge in [-0.1, -0.05) is 13.8 Å². The first kappa shape index (κ1) is 14.0. The normalized spacial score (nSPS) is 21.5. The van der Waals surface area contributed by atoms with Crippen LogP contribution in [0.2, 0.25) is 0 Å². The number of hydrogen-bond donors (Lipinski definition) is 2. The zero-order valence-corrected chi connectivity index (χ0v) is 10.4. The third-order valence-electron chi connectivity index (χ3n) is 2.98. The van der Waals surface area contributed by atoms with E-state index in [1.165, 1.54) is 0 Å². The van der Waals surface area contributed by atoms with Crippen LogP contribution in [0.3, 0.4) is 0 Å². The summed E-state index contributed by atoms with van der Waals surface area (Å²) in [7, 11) is 0. The Kier molecular flexibility index (Phi) is 5.41. The van der Waals surface area contributed by atoms with Crippen LogP contribution in [0.5, 0.6) is 0 Å². The number of carboxylic acid groups (broad SMARTS) is 1. The minimum absolute atomic E-state index is 0.00707. The molecule has 1 aliphatic heterocycles. The molecule has 1 amide bonds. The second-order valence-corrected chi connectivity index (χ2v) is 4.86. The zero-order chi connectivity index (χ0) is 12.8. The van der Waals surface area contributed by atoms with Gasteiger partial charge in [0.05, 0.1) is 18.9 Å². The van der Waals surface area contributed by atoms with Crippen LogP contribution in [0.15, 0.2) is 0 Å². The smallest absolute Gasteiger partial charge is 0.305 e. The SMILES string of the molecule is CC(C)C(CC(=O)O)NC(=O)CC1CCCO1. The van der Waals surface area contributed by atoms with Crippen molar-refractivity contribution in [1.29, 1.82) is 0 Å². The maximum atomic E-state index is 11.7. The number of aliphatic carboxylic acids is 1. The fourth-order valence-corrected chi connectivity index (χ4v) is 1.92. The Balaban J connectivity index is 2.37. The van der Waals surface area contributed by atoms with Crippen molar-refractivity contribution in [2.45, 2.75) is 51.7 Å². The van der Waals surface area contributed by atoms with Gasteiger partial charge in [-0.3, -0.25) is 9.59 Å². The summed E-state index contributed by atoms with van der Waals surface area (Å²) in [4.78, 5) is 22.4. The van der Waals surface area contributed by atoms with Crippen LogP contribution < -0.4 is 5.32 Å². The molecular formula is C12H21NO4. The Bertz CT molecular complexity index is 272. The molecule has 1 fully saturated rings. The summed E-state index contributed by atoms with van der Waals surface area (Å²) in [5.41, 5.74) is 0. The highest BCUT2D eigenvalue weighted by atomic mass is 16.5. The minimum atomic E-state index is -0.888. The van der Waals surface area contributed by atoms with Crippen molar-refractivity contribution >= 4 is 11.9 Å². The topological polar surface area (TPSA) is 75.6 Å². The molecule has 98 valence electrons. The second kappa shape index (κ2) is 6.59. The van der Waals surface area contributed by atoms with E-state index in [1.807, 2.05) is 13.8 Å². The van der Waals surface area contributed by atoms with Crippen LogP contribution in [0, 0.1) is 5.92 Å². The Morgan fingerprint density at radius 2 is 2.18 bits per heavy atom. The van der Waals surface area contributed by atoms with Crippen LogP contribution in [-0.2, 0) is 14.3 Å². The average Bonchev–Trinajstić information content (AvgIpc) is 2.68. The van der Waals surface area contributed by atoms with Gasteiger partial charge in [-0.25, -0.2) is 0 Å². The fraction of sp³-hybridized carbons (Fsp3) is 0.833. The molecule has 0 bridgehead atoms. The predicted octanol–water partition coefficient (Wildman–Crippen LogP) is 1.17. The van der Waals surface area contributed by atoms with Crippen LogP contribution in [0.1, 0.15) is 39.5 Å². The quantitative estimate of drug-likeness (QED) is 0.734. The number of rotatable bonds is 6. The highest BCUT2D eigenvalue weighted by Gasteiger charge is 2.23. The van der Waals surface area contributed by atoms with Gasteiger partial charge in [0, 0.05) is 12.6 Å². The zero-order valence-electron chi connectivity index (χ0n) is 10.4. The van der Waals surface area contributed by atoms with E-state index >= 15 is 0 Å². The van der Waals surface area contributed by atoms with E-state index in [2.05, 4.69) is 5.32 Å². The first-order valence-electron chi connectivity index (χ1n) is 6.11. The van der Waals surface area contributed by atoms with Crippen LogP contribution in [0.4, 0.5) is 0 Å². The van der Waals surface area contributed by atoms with Crippen molar-refractivity contribution in [3.8, 4) is 0 Å². The molecule has 0 aliphatic carbocycles. The molecule has 1 rings (SSSR count). The third kappa shape index (κ3) is 5.17. The van der Waals surface area contributed by atoms with Crippen LogP contribution in [-0.4, -0.2) is 35.7 Å². The maximum Gasteiger partial charge on any atom is 0.305 e. The monoisotopic (exact) mass is 243 g/mol. The van der Waals surface area contributed by atoms with Crippen molar-refractivity contribution < 1.29 is 19.4 Å². The molecule has 0 aromatic heterocycles. The van der Waals surface area contributed by atoms with Crippen molar-refractivity contribution in [3.05, 3.63) is 0 Å². The van der Waals surface area contributed by atoms with E-state index in [0.29, 0.717) is 6.42 Å². The van der Waals surface area contributed by atoms with Gasteiger partial charge in [-0.05, 0) is 18.8 Å². The number of carbonyl (C=O) groups is 2. The number of hydrogen-bond acceptors (Lipinski definition) is 3. The van der Waals surface area contributed by atoms with E-state index in [1.54, 1.807) is 0 Å². The molecule has 5 heteroatoms. The Hall–Kier alpha value is -1.10. The third-order valence-corrected chi connectivity index (χ3v) is 2.98. The van der Waals surface area contributed by atoms with E-state index in [4.69, 9.17) is 9.84 Å². The van der Waals surface area contributed by atoms with Crippen molar-refractivity contribution in [2.75, 3.05) is 6.61 Å². The lowest BCUT2D eigenvalue weighted by Gasteiger charge is -2.21. The molecule has 0 spiro atoms. The molecule has 2 unspecified atom stereocenters. The Labute approximate surface area is 102 Å². The number of ether oxygens (including phenoxy) is 1. The molecule has 0 aromatic carbocycles. The summed E-state index contributed by atoms with van der Waals surface area (Å²) in [6, 6.07) is -0.304. The summed E-state index contributed by atoms with van der Waals surface area (Å²) >= 11 is 0. The van der Waals surface area contributed by atoms with E-state index in [-0.39, 0.29) is 30.4 Å². The van der Waals surface area contributed by atoms with E-state index in [9.17, 15) is 9.59 Å². The maximum absolute atomic E-state index is 11.7. The molecule has 0 aromatic rings. The average molecular weight is 243 g/mol. The highest BCUT2D eigenvalue weighted by molar-refractivity contribution is 5.78. The van der Waals surface area contributed by atoms with Gasteiger partial charge in [0.15, 0.2) is 0 Å². The summed E-state index contributed by atoms with van der Waals surface area (Å²) in [5.74, 6) is -0.891. The molecule has 0 radical (unpaired) electrons. The first-order valence-corrected chi connectivity index (χ1v) is 6.11. The lowest BCUT2D eigenvalue weighted by atomic mass is 10.0. The molecule has 17 heavy (non-hydrogen) atoms. The summed E-state index contributed by atoms with van der Waals surface area (Å²) in [6.07, 6.45) is 2.23. The molecule has 2 atom stereocenters. The van der Waals surface area contributed by atoms with Gasteiger partial charge in [0.25, 0.3) is 0 Å². The summed E-state index contributed by atoms with van der Waals surface area (Å²) in [5, 5.41) is 11.5. The first-order chi connectivity index (χ1) is 7.99. The van der Waals surface area contributed by atoms with Crippen molar-refractivity contribution in [3.63, 3.8) is 0 Å². The minimum Gasteiger partial charge on any atom is -0.481 e. The number of amides is 1. The molecule has 1 aliphatic rings. The summed E-state index contributed by atoms with van der Waals surface area (Å²) in [6.45, 7) is 4.53. The lowest BCUT2D eigenvalue weighted by Crippen LogP contribution is -2.41. The lowest BCUT2D eigenvalue weighted by molar-refractivity contribution is -0.138. The van der Waals surface area contributed by atoms with Gasteiger partial charge >= 0.3 is 5.97 Å². The highest BCUT2D eigenvalue weighted by Crippen LogP contribution is 2.15. The largest absolute Gasteiger partial charge is 0.481 e. The molecule has 1 saturated heterocycles. The molecule has 0 saturated carbocycles. The molecule has 2 N–H and O–H groups in total. The molecule has 5 nitrogen and oxygen atoms in total. The predicted molar refractivity (Wildman–Crippen MR) is 62.6 cm³/mol. The number of carboxylic acids is 1. The van der Waals surface area contributed by atoms with Gasteiger partial charge in [-0.15, -0.1) is 0 Å².